The predicted molar refractivity (Wildman–Crippen MR) is 100 cm³/mol. The maximum Gasteiger partial charge on any atom is 0.234 e. The Bertz CT molecular complexity index is 871. The highest BCUT2D eigenvalue weighted by Gasteiger charge is 2.11. The topological polar surface area (TPSA) is 70.7 Å². The third-order valence-corrected chi connectivity index (χ3v) is 4.55. The van der Waals surface area contributed by atoms with Crippen LogP contribution in [0.4, 0.5) is 10.1 Å². The number of amides is 1. The van der Waals surface area contributed by atoms with Crippen LogP contribution in [0.25, 0.3) is 11.4 Å². The molecular formula is C16H12FIN4OS. The van der Waals surface area contributed by atoms with Crippen LogP contribution in [-0.2, 0) is 4.79 Å². The van der Waals surface area contributed by atoms with Gasteiger partial charge in [-0.3, -0.25) is 9.89 Å². The number of carbonyl (C=O) groups is 1. The highest BCUT2D eigenvalue weighted by atomic mass is 127. The molecule has 2 N–H and O–H groups in total. The van der Waals surface area contributed by atoms with Crippen LogP contribution in [0.5, 0.6) is 0 Å². The van der Waals surface area contributed by atoms with Crippen LogP contribution in [-0.4, -0.2) is 26.8 Å². The minimum Gasteiger partial charge on any atom is -0.325 e. The van der Waals surface area contributed by atoms with Crippen molar-refractivity contribution in [3.63, 3.8) is 0 Å². The Labute approximate surface area is 155 Å². The second kappa shape index (κ2) is 7.75. The van der Waals surface area contributed by atoms with Gasteiger partial charge in [-0.1, -0.05) is 30.0 Å². The average molecular weight is 454 g/mol. The summed E-state index contributed by atoms with van der Waals surface area (Å²) in [5, 5.41) is 9.90. The normalized spacial score (nSPS) is 10.6. The summed E-state index contributed by atoms with van der Waals surface area (Å²) >= 11 is 3.37. The molecule has 2 aromatic carbocycles. The second-order valence-corrected chi connectivity index (χ2v) is 6.98. The van der Waals surface area contributed by atoms with Gasteiger partial charge in [0.25, 0.3) is 0 Å². The lowest BCUT2D eigenvalue weighted by Crippen LogP contribution is -2.14. The molecule has 1 amide bonds. The molecule has 5 nitrogen and oxygen atoms in total. The second-order valence-electron chi connectivity index (χ2n) is 4.79. The number of thioether (sulfide) groups is 1. The fourth-order valence-electron chi connectivity index (χ4n) is 1.98. The van der Waals surface area contributed by atoms with E-state index >= 15 is 0 Å². The van der Waals surface area contributed by atoms with Crippen LogP contribution < -0.4 is 5.32 Å². The van der Waals surface area contributed by atoms with Gasteiger partial charge in [-0.15, -0.1) is 5.10 Å². The monoisotopic (exact) mass is 454 g/mol. The minimum absolute atomic E-state index is 0.153. The first-order valence-electron chi connectivity index (χ1n) is 6.97. The maximum atomic E-state index is 13.7. The van der Waals surface area contributed by atoms with Crippen molar-refractivity contribution in [1.29, 1.82) is 0 Å². The Morgan fingerprint density at radius 1 is 1.25 bits per heavy atom. The maximum absolute atomic E-state index is 13.7. The summed E-state index contributed by atoms with van der Waals surface area (Å²) in [4.78, 5) is 16.2. The number of benzene rings is 2. The molecule has 8 heteroatoms. The lowest BCUT2D eigenvalue weighted by Gasteiger charge is -2.04. The summed E-state index contributed by atoms with van der Waals surface area (Å²) in [5.74, 6) is -0.0190. The molecule has 3 aromatic rings. The summed E-state index contributed by atoms with van der Waals surface area (Å²) in [6.07, 6.45) is 0. The molecule has 0 aliphatic heterocycles. The minimum atomic E-state index is -0.373. The molecule has 1 heterocycles. The third kappa shape index (κ3) is 4.32. The fraction of sp³-hybridized carbons (Fsp3) is 0.0625. The van der Waals surface area contributed by atoms with Gasteiger partial charge in [-0.25, -0.2) is 9.37 Å². The van der Waals surface area contributed by atoms with Crippen LogP contribution in [0.2, 0.25) is 0 Å². The van der Waals surface area contributed by atoms with Gasteiger partial charge in [0.1, 0.15) is 5.82 Å². The number of rotatable bonds is 5. The number of halogens is 2. The van der Waals surface area contributed by atoms with Crippen LogP contribution >= 0.6 is 34.4 Å². The van der Waals surface area contributed by atoms with Gasteiger partial charge in [0, 0.05) is 9.26 Å². The van der Waals surface area contributed by atoms with Crippen molar-refractivity contribution in [3.05, 3.63) is 57.9 Å². The molecule has 1 aromatic heterocycles. The van der Waals surface area contributed by atoms with Crippen LogP contribution in [0.3, 0.4) is 0 Å². The quantitative estimate of drug-likeness (QED) is 0.453. The van der Waals surface area contributed by atoms with Gasteiger partial charge in [0.2, 0.25) is 11.1 Å². The highest BCUT2D eigenvalue weighted by Crippen LogP contribution is 2.21. The van der Waals surface area contributed by atoms with E-state index in [-0.39, 0.29) is 17.5 Å². The first kappa shape index (κ1) is 16.9. The van der Waals surface area contributed by atoms with Crippen molar-refractivity contribution in [2.45, 2.75) is 5.16 Å². The molecule has 0 unspecified atom stereocenters. The predicted octanol–water partition coefficient (Wildman–Crippen LogP) is 3.95. The first-order chi connectivity index (χ1) is 11.6. The molecule has 0 fully saturated rings. The van der Waals surface area contributed by atoms with Gasteiger partial charge < -0.3 is 5.32 Å². The molecule has 0 aliphatic rings. The third-order valence-electron chi connectivity index (χ3n) is 3.03. The SMILES string of the molecule is O=C(CSc1n[nH]c(-c2ccccc2F)n1)Nc1cccc(I)c1. The molecule has 122 valence electrons. The van der Waals surface area contributed by atoms with Gasteiger partial charge >= 0.3 is 0 Å². The van der Waals surface area contributed by atoms with E-state index in [1.807, 2.05) is 24.3 Å². The van der Waals surface area contributed by atoms with Crippen LogP contribution in [0.1, 0.15) is 0 Å². The summed E-state index contributed by atoms with van der Waals surface area (Å²) < 4.78 is 14.8. The first-order valence-corrected chi connectivity index (χ1v) is 9.04. The zero-order valence-electron chi connectivity index (χ0n) is 12.3. The van der Waals surface area contributed by atoms with Crippen LogP contribution in [0, 0.1) is 9.39 Å². The van der Waals surface area contributed by atoms with Gasteiger partial charge in [-0.2, -0.15) is 0 Å². The summed E-state index contributed by atoms with van der Waals surface area (Å²) in [6, 6.07) is 13.8. The number of hydrogen-bond donors (Lipinski definition) is 2. The van der Waals surface area contributed by atoms with Crippen molar-refractivity contribution in [1.82, 2.24) is 15.2 Å². The molecule has 0 saturated heterocycles. The van der Waals surface area contributed by atoms with Crippen molar-refractivity contribution in [2.75, 3.05) is 11.1 Å². The number of hydrogen-bond acceptors (Lipinski definition) is 4. The molecule has 0 radical (unpaired) electrons. The Balaban J connectivity index is 1.59. The Hall–Kier alpha value is -1.94. The number of anilines is 1. The average Bonchev–Trinajstić information content (AvgIpc) is 3.02. The zero-order chi connectivity index (χ0) is 16.9. The zero-order valence-corrected chi connectivity index (χ0v) is 15.3. The van der Waals surface area contributed by atoms with E-state index < -0.39 is 0 Å². The number of carbonyl (C=O) groups excluding carboxylic acids is 1. The Kier molecular flexibility index (Phi) is 5.46. The van der Waals surface area contributed by atoms with Gasteiger partial charge in [0.15, 0.2) is 5.82 Å². The van der Waals surface area contributed by atoms with E-state index in [2.05, 4.69) is 43.1 Å². The number of H-pyrrole nitrogens is 1. The molecule has 24 heavy (non-hydrogen) atoms. The molecule has 0 bridgehead atoms. The van der Waals surface area contributed by atoms with Crippen molar-refractivity contribution < 1.29 is 9.18 Å². The smallest absolute Gasteiger partial charge is 0.234 e. The fourth-order valence-corrected chi connectivity index (χ4v) is 3.12. The molecule has 3 rings (SSSR count). The number of nitrogens with zero attached hydrogens (tertiary/aromatic N) is 2. The molecule has 0 atom stereocenters. The van der Waals surface area contributed by atoms with Gasteiger partial charge in [0.05, 0.1) is 11.3 Å². The van der Waals surface area contributed by atoms with Gasteiger partial charge in [-0.05, 0) is 52.9 Å². The number of aromatic nitrogens is 3. The lowest BCUT2D eigenvalue weighted by atomic mass is 10.2. The van der Waals surface area contributed by atoms with Crippen molar-refractivity contribution >= 4 is 45.9 Å². The Morgan fingerprint density at radius 3 is 2.88 bits per heavy atom. The van der Waals surface area contributed by atoms with E-state index in [4.69, 9.17) is 0 Å². The summed E-state index contributed by atoms with van der Waals surface area (Å²) in [6.45, 7) is 0. The molecule has 0 aliphatic carbocycles. The number of nitrogens with one attached hydrogen (secondary N) is 2. The Morgan fingerprint density at radius 2 is 2.08 bits per heavy atom. The van der Waals surface area contributed by atoms with Crippen molar-refractivity contribution in [3.8, 4) is 11.4 Å². The molecular weight excluding hydrogens is 442 g/mol. The number of aromatic amines is 1. The standard InChI is InChI=1S/C16H12FIN4OS/c17-13-7-2-1-6-12(13)15-20-16(22-21-15)24-9-14(23)19-11-5-3-4-10(18)8-11/h1-8H,9H2,(H,19,23)(H,20,21,22). The molecule has 0 saturated carbocycles. The summed E-state index contributed by atoms with van der Waals surface area (Å²) in [5.41, 5.74) is 1.09. The van der Waals surface area contributed by atoms with E-state index in [9.17, 15) is 9.18 Å². The van der Waals surface area contributed by atoms with E-state index in [0.717, 1.165) is 9.26 Å². The van der Waals surface area contributed by atoms with E-state index in [0.29, 0.717) is 16.5 Å². The van der Waals surface area contributed by atoms with Crippen LogP contribution in [0.15, 0.2) is 53.7 Å². The summed E-state index contributed by atoms with van der Waals surface area (Å²) in [7, 11) is 0. The molecule has 0 spiro atoms. The largest absolute Gasteiger partial charge is 0.325 e. The lowest BCUT2D eigenvalue weighted by molar-refractivity contribution is -0.113. The van der Waals surface area contributed by atoms with E-state index in [1.54, 1.807) is 18.2 Å². The highest BCUT2D eigenvalue weighted by molar-refractivity contribution is 14.1. The van der Waals surface area contributed by atoms with E-state index in [1.165, 1.54) is 17.8 Å². The van der Waals surface area contributed by atoms with Crippen molar-refractivity contribution in [2.24, 2.45) is 0 Å².